The number of benzene rings is 1. The molecule has 0 unspecified atom stereocenters. The van der Waals surface area contributed by atoms with Crippen LogP contribution in [0.1, 0.15) is 5.56 Å². The van der Waals surface area contributed by atoms with E-state index < -0.39 is 17.3 Å². The molecule has 2 aromatic rings. The fourth-order valence-electron chi connectivity index (χ4n) is 1.59. The monoisotopic (exact) mass is 255 g/mol. The van der Waals surface area contributed by atoms with Crippen LogP contribution in [-0.2, 0) is 6.18 Å². The van der Waals surface area contributed by atoms with Gasteiger partial charge in [0, 0.05) is 5.56 Å². The normalized spacial score (nSPS) is 11.5. The molecule has 1 aromatic heterocycles. The van der Waals surface area contributed by atoms with Crippen LogP contribution in [0.15, 0.2) is 35.3 Å². The molecule has 94 valence electrons. The second kappa shape index (κ2) is 4.17. The van der Waals surface area contributed by atoms with Gasteiger partial charge < -0.3 is 5.73 Å². The number of aromatic nitrogens is 2. The van der Waals surface area contributed by atoms with Crippen molar-refractivity contribution in [1.82, 2.24) is 10.2 Å². The molecule has 0 aliphatic carbocycles. The van der Waals surface area contributed by atoms with Crippen LogP contribution < -0.4 is 11.3 Å². The van der Waals surface area contributed by atoms with Gasteiger partial charge in [-0.05, 0) is 11.6 Å². The van der Waals surface area contributed by atoms with Gasteiger partial charge in [-0.3, -0.25) is 4.79 Å². The minimum atomic E-state index is -4.52. The maximum atomic E-state index is 12.8. The van der Waals surface area contributed by atoms with Crippen LogP contribution in [0.2, 0.25) is 0 Å². The number of halogens is 3. The second-order valence-electron chi connectivity index (χ2n) is 3.57. The van der Waals surface area contributed by atoms with Gasteiger partial charge in [-0.15, -0.1) is 0 Å². The Labute approximate surface area is 99.3 Å². The van der Waals surface area contributed by atoms with Crippen LogP contribution in [0.3, 0.4) is 0 Å². The molecule has 7 heteroatoms. The smallest absolute Gasteiger partial charge is 0.394 e. The van der Waals surface area contributed by atoms with Gasteiger partial charge in [-0.2, -0.15) is 18.3 Å². The number of alkyl halides is 3. The number of nitrogens with zero attached hydrogens (tertiary/aromatic N) is 1. The van der Waals surface area contributed by atoms with Crippen LogP contribution >= 0.6 is 0 Å². The van der Waals surface area contributed by atoms with E-state index in [4.69, 9.17) is 5.73 Å². The minimum absolute atomic E-state index is 0.0355. The summed E-state index contributed by atoms with van der Waals surface area (Å²) in [5, 5.41) is 5.52. The Hall–Kier alpha value is -2.31. The Balaban J connectivity index is 2.73. The first kappa shape index (κ1) is 12.2. The minimum Gasteiger partial charge on any atom is -0.394 e. The third-order valence-electron chi connectivity index (χ3n) is 2.42. The molecule has 4 nitrogen and oxygen atoms in total. The lowest BCUT2D eigenvalue weighted by Crippen LogP contribution is -2.15. The van der Waals surface area contributed by atoms with Gasteiger partial charge in [-0.1, -0.05) is 18.2 Å². The summed E-state index contributed by atoms with van der Waals surface area (Å²) in [5.41, 5.74) is 3.41. The Bertz CT molecular complexity index is 634. The SMILES string of the molecule is Nc1c(-c2ccccc2C(F)(F)F)cn[nH]c1=O. The molecule has 18 heavy (non-hydrogen) atoms. The number of aromatic amines is 1. The standard InChI is InChI=1S/C11H8F3N3O/c12-11(13,14)8-4-2-1-3-6(8)7-5-16-17-10(18)9(7)15/h1-5H,(H2,15,16)(H,17,18). The molecule has 2 rings (SSSR count). The Morgan fingerprint density at radius 2 is 1.83 bits per heavy atom. The molecule has 0 aliphatic heterocycles. The van der Waals surface area contributed by atoms with Crippen molar-refractivity contribution >= 4 is 5.69 Å². The average molecular weight is 255 g/mol. The van der Waals surface area contributed by atoms with Gasteiger partial charge in [0.2, 0.25) is 0 Å². The fraction of sp³-hybridized carbons (Fsp3) is 0.0909. The van der Waals surface area contributed by atoms with Crippen LogP contribution in [0.5, 0.6) is 0 Å². The van der Waals surface area contributed by atoms with Crippen molar-refractivity contribution < 1.29 is 13.2 Å². The first-order chi connectivity index (χ1) is 8.41. The lowest BCUT2D eigenvalue weighted by atomic mass is 10.00. The zero-order chi connectivity index (χ0) is 13.3. The topological polar surface area (TPSA) is 71.8 Å². The Kier molecular flexibility index (Phi) is 2.82. The summed E-state index contributed by atoms with van der Waals surface area (Å²) >= 11 is 0. The van der Waals surface area contributed by atoms with Gasteiger partial charge in [0.1, 0.15) is 5.69 Å². The average Bonchev–Trinajstić information content (AvgIpc) is 2.32. The zero-order valence-electron chi connectivity index (χ0n) is 8.95. The molecule has 0 saturated heterocycles. The molecule has 3 N–H and O–H groups in total. The van der Waals surface area contributed by atoms with Crippen LogP contribution in [0.25, 0.3) is 11.1 Å². The van der Waals surface area contributed by atoms with Crippen molar-refractivity contribution in [2.24, 2.45) is 0 Å². The van der Waals surface area contributed by atoms with Gasteiger partial charge >= 0.3 is 6.18 Å². The van der Waals surface area contributed by atoms with Gasteiger partial charge in [0.05, 0.1) is 11.8 Å². The molecule has 0 aliphatic rings. The summed E-state index contributed by atoms with van der Waals surface area (Å²) < 4.78 is 38.5. The number of H-pyrrole nitrogens is 1. The van der Waals surface area contributed by atoms with Crippen molar-refractivity contribution in [2.75, 3.05) is 5.73 Å². The lowest BCUT2D eigenvalue weighted by Gasteiger charge is -2.13. The highest BCUT2D eigenvalue weighted by molar-refractivity contribution is 5.77. The number of hydrogen-bond donors (Lipinski definition) is 2. The second-order valence-corrected chi connectivity index (χ2v) is 3.57. The number of rotatable bonds is 1. The predicted molar refractivity (Wildman–Crippen MR) is 59.7 cm³/mol. The summed E-state index contributed by atoms with van der Waals surface area (Å²) in [6.45, 7) is 0. The number of nitrogens with two attached hydrogens (primary N) is 1. The molecular weight excluding hydrogens is 247 g/mol. The molecule has 0 atom stereocenters. The molecular formula is C11H8F3N3O. The van der Waals surface area contributed by atoms with E-state index in [1.54, 1.807) is 0 Å². The zero-order valence-corrected chi connectivity index (χ0v) is 8.95. The molecule has 0 spiro atoms. The van der Waals surface area contributed by atoms with Crippen molar-refractivity contribution in [3.05, 3.63) is 46.4 Å². The molecule has 0 fully saturated rings. The predicted octanol–water partition coefficient (Wildman–Crippen LogP) is 2.04. The highest BCUT2D eigenvalue weighted by Gasteiger charge is 2.33. The Morgan fingerprint density at radius 3 is 2.50 bits per heavy atom. The highest BCUT2D eigenvalue weighted by atomic mass is 19.4. The van der Waals surface area contributed by atoms with Gasteiger partial charge in [0.25, 0.3) is 5.56 Å². The summed E-state index contributed by atoms with van der Waals surface area (Å²) in [6.07, 6.45) is -3.42. The maximum Gasteiger partial charge on any atom is 0.417 e. The van der Waals surface area contributed by atoms with E-state index in [1.165, 1.54) is 18.2 Å². The van der Waals surface area contributed by atoms with Crippen molar-refractivity contribution in [3.63, 3.8) is 0 Å². The van der Waals surface area contributed by atoms with E-state index in [-0.39, 0.29) is 16.8 Å². The summed E-state index contributed by atoms with van der Waals surface area (Å²) in [4.78, 5) is 11.2. The third kappa shape index (κ3) is 2.06. The number of nitrogens with one attached hydrogen (secondary N) is 1. The van der Waals surface area contributed by atoms with Crippen LogP contribution in [0.4, 0.5) is 18.9 Å². The van der Waals surface area contributed by atoms with E-state index in [9.17, 15) is 18.0 Å². The molecule has 1 heterocycles. The summed E-state index contributed by atoms with van der Waals surface area (Å²) in [5.74, 6) is 0. The number of anilines is 1. The van der Waals surface area contributed by atoms with Gasteiger partial charge in [-0.25, -0.2) is 5.10 Å². The molecule has 0 radical (unpaired) electrons. The lowest BCUT2D eigenvalue weighted by molar-refractivity contribution is -0.137. The van der Waals surface area contributed by atoms with Gasteiger partial charge in [0.15, 0.2) is 0 Å². The van der Waals surface area contributed by atoms with E-state index in [1.807, 2.05) is 0 Å². The number of nitrogen functional groups attached to an aromatic ring is 1. The quantitative estimate of drug-likeness (QED) is 0.819. The molecule has 0 amide bonds. The highest BCUT2D eigenvalue weighted by Crippen LogP contribution is 2.37. The number of hydrogen-bond acceptors (Lipinski definition) is 3. The first-order valence-electron chi connectivity index (χ1n) is 4.91. The van der Waals surface area contributed by atoms with E-state index in [2.05, 4.69) is 10.2 Å². The van der Waals surface area contributed by atoms with Crippen molar-refractivity contribution in [2.45, 2.75) is 6.18 Å². The maximum absolute atomic E-state index is 12.8. The van der Waals surface area contributed by atoms with Crippen molar-refractivity contribution in [1.29, 1.82) is 0 Å². The first-order valence-corrected chi connectivity index (χ1v) is 4.91. The largest absolute Gasteiger partial charge is 0.417 e. The Morgan fingerprint density at radius 1 is 1.17 bits per heavy atom. The van der Waals surface area contributed by atoms with Crippen LogP contribution in [0, 0.1) is 0 Å². The molecule has 1 aromatic carbocycles. The third-order valence-corrected chi connectivity index (χ3v) is 2.42. The molecule has 0 saturated carbocycles. The summed E-state index contributed by atoms with van der Waals surface area (Å²) in [7, 11) is 0. The van der Waals surface area contributed by atoms with E-state index >= 15 is 0 Å². The van der Waals surface area contributed by atoms with E-state index in [0.29, 0.717) is 0 Å². The van der Waals surface area contributed by atoms with Crippen molar-refractivity contribution in [3.8, 4) is 11.1 Å². The molecule has 0 bridgehead atoms. The van der Waals surface area contributed by atoms with Crippen LogP contribution in [-0.4, -0.2) is 10.2 Å². The van der Waals surface area contributed by atoms with E-state index in [0.717, 1.165) is 12.3 Å². The fourth-order valence-corrected chi connectivity index (χ4v) is 1.59. The summed E-state index contributed by atoms with van der Waals surface area (Å²) in [6, 6.07) is 4.87.